The van der Waals surface area contributed by atoms with Gasteiger partial charge in [0.2, 0.25) is 0 Å². The smallest absolute Gasteiger partial charge is 0.0905 e. The van der Waals surface area contributed by atoms with E-state index in [2.05, 4.69) is 40.3 Å². The third-order valence-electron chi connectivity index (χ3n) is 3.07. The SMILES string of the molecule is C[C@H](N=C=N[C@@H](C)c1ccccc1)c1ccccc1. The fourth-order valence-corrected chi connectivity index (χ4v) is 1.82. The van der Waals surface area contributed by atoms with Crippen LogP contribution in [-0.2, 0) is 0 Å². The summed E-state index contributed by atoms with van der Waals surface area (Å²) >= 11 is 0. The van der Waals surface area contributed by atoms with Crippen LogP contribution in [-0.4, -0.2) is 6.01 Å². The molecular formula is C17H18N2. The van der Waals surface area contributed by atoms with E-state index in [1.165, 1.54) is 11.1 Å². The standard InChI is InChI=1S/C17H18N2/c1-14(16-9-5-3-6-10-16)18-13-19-15(2)17-11-7-4-8-12-17/h3-12,14-15H,1-2H3/t14-,15-/m0/s1. The van der Waals surface area contributed by atoms with E-state index in [1.54, 1.807) is 0 Å². The average molecular weight is 250 g/mol. The van der Waals surface area contributed by atoms with Crippen LogP contribution in [0.2, 0.25) is 0 Å². The molecule has 0 fully saturated rings. The zero-order valence-corrected chi connectivity index (χ0v) is 11.3. The highest BCUT2D eigenvalue weighted by atomic mass is 14.9. The fourth-order valence-electron chi connectivity index (χ4n) is 1.82. The molecule has 0 saturated carbocycles. The molecule has 0 unspecified atom stereocenters. The van der Waals surface area contributed by atoms with E-state index in [1.807, 2.05) is 50.2 Å². The van der Waals surface area contributed by atoms with E-state index in [9.17, 15) is 0 Å². The summed E-state index contributed by atoms with van der Waals surface area (Å²) in [6.07, 6.45) is 0. The Morgan fingerprint density at radius 3 is 1.42 bits per heavy atom. The van der Waals surface area contributed by atoms with Gasteiger partial charge in [0.1, 0.15) is 0 Å². The van der Waals surface area contributed by atoms with E-state index >= 15 is 0 Å². The first kappa shape index (κ1) is 13.3. The zero-order chi connectivity index (χ0) is 13.5. The summed E-state index contributed by atoms with van der Waals surface area (Å²) in [4.78, 5) is 8.69. The van der Waals surface area contributed by atoms with Crippen LogP contribution in [0.3, 0.4) is 0 Å². The number of hydrogen-bond acceptors (Lipinski definition) is 2. The summed E-state index contributed by atoms with van der Waals surface area (Å²) in [7, 11) is 0. The minimum atomic E-state index is 0.0907. The van der Waals surface area contributed by atoms with Gasteiger partial charge in [0.05, 0.1) is 18.1 Å². The minimum Gasteiger partial charge on any atom is -0.218 e. The normalized spacial score (nSPS) is 13.2. The van der Waals surface area contributed by atoms with Crippen LogP contribution >= 0.6 is 0 Å². The van der Waals surface area contributed by atoms with Gasteiger partial charge < -0.3 is 0 Å². The Hall–Kier alpha value is -2.18. The molecule has 2 nitrogen and oxygen atoms in total. The van der Waals surface area contributed by atoms with Crippen molar-refractivity contribution in [3.8, 4) is 0 Å². The first-order valence-corrected chi connectivity index (χ1v) is 6.52. The van der Waals surface area contributed by atoms with Gasteiger partial charge in [-0.25, -0.2) is 9.98 Å². The van der Waals surface area contributed by atoms with Gasteiger partial charge in [-0.1, -0.05) is 60.7 Å². The summed E-state index contributed by atoms with van der Waals surface area (Å²) in [5.41, 5.74) is 2.36. The maximum Gasteiger partial charge on any atom is 0.0905 e. The molecule has 0 spiro atoms. The van der Waals surface area contributed by atoms with Crippen molar-refractivity contribution >= 4 is 6.01 Å². The number of aliphatic imine (C=N–C) groups is 2. The fraction of sp³-hybridized carbons (Fsp3) is 0.235. The lowest BCUT2D eigenvalue weighted by Crippen LogP contribution is -1.90. The van der Waals surface area contributed by atoms with E-state index in [-0.39, 0.29) is 12.1 Å². The van der Waals surface area contributed by atoms with Crippen molar-refractivity contribution in [2.24, 2.45) is 9.98 Å². The Morgan fingerprint density at radius 2 is 1.05 bits per heavy atom. The molecule has 2 aromatic carbocycles. The predicted molar refractivity (Wildman–Crippen MR) is 79.6 cm³/mol. The number of nitrogens with zero attached hydrogens (tertiary/aromatic N) is 2. The molecule has 0 bridgehead atoms. The van der Waals surface area contributed by atoms with Gasteiger partial charge in [0.15, 0.2) is 0 Å². The molecule has 0 saturated heterocycles. The first-order valence-electron chi connectivity index (χ1n) is 6.52. The molecule has 0 aliphatic heterocycles. The van der Waals surface area contributed by atoms with Gasteiger partial charge in [-0.3, -0.25) is 0 Å². The molecule has 2 aromatic rings. The molecule has 96 valence electrons. The van der Waals surface area contributed by atoms with E-state index in [4.69, 9.17) is 0 Å². The zero-order valence-electron chi connectivity index (χ0n) is 11.3. The highest BCUT2D eigenvalue weighted by Crippen LogP contribution is 2.16. The molecule has 0 N–H and O–H groups in total. The monoisotopic (exact) mass is 250 g/mol. The van der Waals surface area contributed by atoms with Crippen LogP contribution in [0.1, 0.15) is 37.1 Å². The molecule has 0 amide bonds. The van der Waals surface area contributed by atoms with Crippen molar-refractivity contribution in [1.82, 2.24) is 0 Å². The quantitative estimate of drug-likeness (QED) is 0.704. The second-order valence-corrected chi connectivity index (χ2v) is 4.53. The summed E-state index contributed by atoms with van der Waals surface area (Å²) in [5, 5.41) is 0. The molecule has 19 heavy (non-hydrogen) atoms. The molecular weight excluding hydrogens is 232 g/mol. The van der Waals surface area contributed by atoms with Crippen molar-refractivity contribution < 1.29 is 0 Å². The number of hydrogen-bond donors (Lipinski definition) is 0. The average Bonchev–Trinajstić information content (AvgIpc) is 2.49. The van der Waals surface area contributed by atoms with Crippen LogP contribution in [0.15, 0.2) is 70.6 Å². The minimum absolute atomic E-state index is 0.0907. The van der Waals surface area contributed by atoms with E-state index in [0.29, 0.717) is 0 Å². The largest absolute Gasteiger partial charge is 0.218 e. The molecule has 0 aliphatic rings. The molecule has 0 heterocycles. The second kappa shape index (κ2) is 6.67. The van der Waals surface area contributed by atoms with Crippen molar-refractivity contribution in [3.05, 3.63) is 71.8 Å². The Kier molecular flexibility index (Phi) is 4.66. The van der Waals surface area contributed by atoms with Crippen LogP contribution in [0, 0.1) is 0 Å². The van der Waals surface area contributed by atoms with Crippen LogP contribution in [0.5, 0.6) is 0 Å². The number of benzene rings is 2. The maximum atomic E-state index is 4.34. The molecule has 2 atom stereocenters. The molecule has 2 rings (SSSR count). The number of rotatable bonds is 4. The second-order valence-electron chi connectivity index (χ2n) is 4.53. The highest BCUT2D eigenvalue weighted by molar-refractivity contribution is 5.43. The van der Waals surface area contributed by atoms with E-state index in [0.717, 1.165) is 0 Å². The Labute approximate surface area is 114 Å². The Bertz CT molecular complexity index is 505. The van der Waals surface area contributed by atoms with Crippen LogP contribution in [0.4, 0.5) is 0 Å². The molecule has 0 aromatic heterocycles. The van der Waals surface area contributed by atoms with Crippen molar-refractivity contribution in [2.75, 3.05) is 0 Å². The topological polar surface area (TPSA) is 24.7 Å². The van der Waals surface area contributed by atoms with Gasteiger partial charge in [-0.2, -0.15) is 0 Å². The summed E-state index contributed by atoms with van der Waals surface area (Å²) in [5.74, 6) is 0. The van der Waals surface area contributed by atoms with Gasteiger partial charge in [-0.15, -0.1) is 0 Å². The third kappa shape index (κ3) is 3.90. The lowest BCUT2D eigenvalue weighted by Gasteiger charge is -2.04. The summed E-state index contributed by atoms with van der Waals surface area (Å²) < 4.78 is 0. The maximum absolute atomic E-state index is 4.34. The van der Waals surface area contributed by atoms with Gasteiger partial charge in [-0.05, 0) is 25.0 Å². The lowest BCUT2D eigenvalue weighted by atomic mass is 10.1. The molecule has 0 radical (unpaired) electrons. The van der Waals surface area contributed by atoms with Crippen molar-refractivity contribution in [3.63, 3.8) is 0 Å². The van der Waals surface area contributed by atoms with Gasteiger partial charge in [0, 0.05) is 0 Å². The first-order chi connectivity index (χ1) is 9.27. The third-order valence-corrected chi connectivity index (χ3v) is 3.07. The molecule has 0 aliphatic carbocycles. The Balaban J connectivity index is 2.04. The molecule has 2 heteroatoms. The van der Waals surface area contributed by atoms with Crippen molar-refractivity contribution in [2.45, 2.75) is 25.9 Å². The summed E-state index contributed by atoms with van der Waals surface area (Å²) in [6.45, 7) is 4.09. The van der Waals surface area contributed by atoms with Crippen LogP contribution < -0.4 is 0 Å². The van der Waals surface area contributed by atoms with Gasteiger partial charge >= 0.3 is 0 Å². The predicted octanol–water partition coefficient (Wildman–Crippen LogP) is 4.68. The Morgan fingerprint density at radius 1 is 0.684 bits per heavy atom. The highest BCUT2D eigenvalue weighted by Gasteiger charge is 2.02. The van der Waals surface area contributed by atoms with Gasteiger partial charge in [0.25, 0.3) is 0 Å². The lowest BCUT2D eigenvalue weighted by molar-refractivity contribution is 0.802. The summed E-state index contributed by atoms with van der Waals surface area (Å²) in [6, 6.07) is 23.4. The van der Waals surface area contributed by atoms with E-state index < -0.39 is 0 Å². The van der Waals surface area contributed by atoms with Crippen molar-refractivity contribution in [1.29, 1.82) is 0 Å². The van der Waals surface area contributed by atoms with Crippen LogP contribution in [0.25, 0.3) is 0 Å².